The molecule has 1 amide bonds. The number of rotatable bonds is 5. The van der Waals surface area contributed by atoms with E-state index in [0.29, 0.717) is 28.3 Å². The molecule has 0 aliphatic heterocycles. The lowest BCUT2D eigenvalue weighted by Gasteiger charge is -2.11. The zero-order valence-electron chi connectivity index (χ0n) is 15.7. The Bertz CT molecular complexity index is 1120. The van der Waals surface area contributed by atoms with Gasteiger partial charge in [-0.15, -0.1) is 0 Å². The van der Waals surface area contributed by atoms with E-state index in [2.05, 4.69) is 5.32 Å². The molecule has 0 aliphatic rings. The molecule has 0 saturated heterocycles. The van der Waals surface area contributed by atoms with Gasteiger partial charge in [0.05, 0.1) is 23.4 Å². The molecule has 30 heavy (non-hydrogen) atoms. The fraction of sp³-hybridized carbons (Fsp3) is 0.200. The topological polar surface area (TPSA) is 77.8 Å². The first kappa shape index (κ1) is 21.5. The maximum Gasteiger partial charge on any atom is 0.416 e. The van der Waals surface area contributed by atoms with Crippen LogP contribution in [0, 0.1) is 6.92 Å². The number of benzene rings is 2. The first-order valence-electron chi connectivity index (χ1n) is 8.51. The van der Waals surface area contributed by atoms with Gasteiger partial charge in [0.1, 0.15) is 11.3 Å². The largest absolute Gasteiger partial charge is 0.497 e. The Labute approximate surface area is 173 Å². The summed E-state index contributed by atoms with van der Waals surface area (Å²) in [5.74, 6) is -1.28. The van der Waals surface area contributed by atoms with Gasteiger partial charge in [0.25, 0.3) is 5.91 Å². The molecule has 1 aromatic heterocycles. The number of carbonyl (C=O) groups is 2. The SMILES string of the molecule is COc1ccc2oc(C(=O)OCC(=O)Nc3cc(C(F)(F)F)ccc3Cl)c(C)c2c1. The van der Waals surface area contributed by atoms with Crippen LogP contribution in [0.3, 0.4) is 0 Å². The van der Waals surface area contributed by atoms with Gasteiger partial charge in [-0.2, -0.15) is 13.2 Å². The fourth-order valence-electron chi connectivity index (χ4n) is 2.70. The summed E-state index contributed by atoms with van der Waals surface area (Å²) in [4.78, 5) is 24.3. The molecule has 0 bridgehead atoms. The zero-order chi connectivity index (χ0) is 22.1. The number of nitrogens with one attached hydrogen (secondary N) is 1. The Morgan fingerprint density at radius 1 is 1.17 bits per heavy atom. The predicted molar refractivity (Wildman–Crippen MR) is 103 cm³/mol. The molecule has 10 heteroatoms. The third-order valence-electron chi connectivity index (χ3n) is 4.23. The van der Waals surface area contributed by atoms with E-state index < -0.39 is 30.2 Å². The Hall–Kier alpha value is -3.20. The van der Waals surface area contributed by atoms with Crippen molar-refractivity contribution in [3.8, 4) is 5.75 Å². The highest BCUT2D eigenvalue weighted by Crippen LogP contribution is 2.34. The monoisotopic (exact) mass is 441 g/mol. The normalized spacial score (nSPS) is 11.4. The summed E-state index contributed by atoms with van der Waals surface area (Å²) in [7, 11) is 1.50. The van der Waals surface area contributed by atoms with E-state index in [1.54, 1.807) is 25.1 Å². The van der Waals surface area contributed by atoms with Crippen LogP contribution in [0.2, 0.25) is 5.02 Å². The third kappa shape index (κ3) is 4.51. The van der Waals surface area contributed by atoms with Gasteiger partial charge >= 0.3 is 12.1 Å². The second-order valence-corrected chi connectivity index (χ2v) is 6.64. The molecular formula is C20H15ClF3NO5. The van der Waals surface area contributed by atoms with Crippen LogP contribution in [0.5, 0.6) is 5.75 Å². The van der Waals surface area contributed by atoms with E-state index in [1.807, 2.05) is 0 Å². The van der Waals surface area contributed by atoms with Crippen molar-refractivity contribution in [1.29, 1.82) is 0 Å². The van der Waals surface area contributed by atoms with E-state index in [0.717, 1.165) is 12.1 Å². The quantitative estimate of drug-likeness (QED) is 0.549. The molecule has 1 N–H and O–H groups in total. The molecular weight excluding hydrogens is 427 g/mol. The van der Waals surface area contributed by atoms with Crippen molar-refractivity contribution in [2.24, 2.45) is 0 Å². The Balaban J connectivity index is 1.69. The van der Waals surface area contributed by atoms with Crippen molar-refractivity contribution in [3.05, 3.63) is 58.3 Å². The number of aryl methyl sites for hydroxylation is 1. The van der Waals surface area contributed by atoms with Crippen LogP contribution in [0.25, 0.3) is 11.0 Å². The fourth-order valence-corrected chi connectivity index (χ4v) is 2.87. The summed E-state index contributed by atoms with van der Waals surface area (Å²) in [6.45, 7) is 0.898. The number of methoxy groups -OCH3 is 1. The average Bonchev–Trinajstić information content (AvgIpc) is 3.03. The number of carbonyl (C=O) groups excluding carboxylic acids is 2. The third-order valence-corrected chi connectivity index (χ3v) is 4.56. The minimum absolute atomic E-state index is 0.0928. The minimum Gasteiger partial charge on any atom is -0.497 e. The number of ether oxygens (including phenoxy) is 2. The van der Waals surface area contributed by atoms with Crippen molar-refractivity contribution in [3.63, 3.8) is 0 Å². The highest BCUT2D eigenvalue weighted by Gasteiger charge is 2.31. The van der Waals surface area contributed by atoms with Crippen LogP contribution in [0.15, 0.2) is 40.8 Å². The van der Waals surface area contributed by atoms with Crippen molar-refractivity contribution >= 4 is 40.1 Å². The lowest BCUT2D eigenvalue weighted by Crippen LogP contribution is -2.21. The maximum atomic E-state index is 12.8. The number of esters is 1. The summed E-state index contributed by atoms with van der Waals surface area (Å²) in [6.07, 6.45) is -4.60. The molecule has 158 valence electrons. The molecule has 3 rings (SSSR count). The van der Waals surface area contributed by atoms with Gasteiger partial charge < -0.3 is 19.2 Å². The number of anilines is 1. The van der Waals surface area contributed by atoms with E-state index in [1.165, 1.54) is 7.11 Å². The van der Waals surface area contributed by atoms with Crippen LogP contribution in [-0.2, 0) is 15.7 Å². The van der Waals surface area contributed by atoms with Crippen molar-refractivity contribution in [1.82, 2.24) is 0 Å². The van der Waals surface area contributed by atoms with E-state index >= 15 is 0 Å². The van der Waals surface area contributed by atoms with Crippen LogP contribution in [0.1, 0.15) is 21.7 Å². The average molecular weight is 442 g/mol. The summed E-state index contributed by atoms with van der Waals surface area (Å²) in [6, 6.07) is 7.47. The molecule has 0 radical (unpaired) electrons. The molecule has 6 nitrogen and oxygen atoms in total. The Morgan fingerprint density at radius 3 is 2.57 bits per heavy atom. The Kier molecular flexibility index (Phi) is 5.93. The lowest BCUT2D eigenvalue weighted by molar-refractivity contribution is -0.137. The number of amides is 1. The molecule has 0 fully saturated rings. The summed E-state index contributed by atoms with van der Waals surface area (Å²) in [5, 5.41) is 2.74. The highest BCUT2D eigenvalue weighted by atomic mass is 35.5. The van der Waals surface area contributed by atoms with E-state index in [-0.39, 0.29) is 16.5 Å². The second-order valence-electron chi connectivity index (χ2n) is 6.23. The second kappa shape index (κ2) is 8.27. The predicted octanol–water partition coefficient (Wildman–Crippen LogP) is 5.22. The molecule has 3 aromatic rings. The zero-order valence-corrected chi connectivity index (χ0v) is 16.5. The van der Waals surface area contributed by atoms with Crippen LogP contribution < -0.4 is 10.1 Å². The van der Waals surface area contributed by atoms with Gasteiger partial charge in [0.2, 0.25) is 5.76 Å². The summed E-state index contributed by atoms with van der Waals surface area (Å²) in [5.41, 5.74) is -0.303. The van der Waals surface area contributed by atoms with Gasteiger partial charge in [-0.3, -0.25) is 4.79 Å². The molecule has 0 atom stereocenters. The van der Waals surface area contributed by atoms with E-state index in [9.17, 15) is 22.8 Å². The van der Waals surface area contributed by atoms with Gasteiger partial charge in [-0.1, -0.05) is 11.6 Å². The molecule has 0 saturated carbocycles. The van der Waals surface area contributed by atoms with Gasteiger partial charge in [0.15, 0.2) is 6.61 Å². The number of hydrogen-bond acceptors (Lipinski definition) is 5. The molecule has 2 aromatic carbocycles. The minimum atomic E-state index is -4.60. The first-order chi connectivity index (χ1) is 14.1. The number of hydrogen-bond donors (Lipinski definition) is 1. The van der Waals surface area contributed by atoms with Crippen molar-refractivity contribution in [2.75, 3.05) is 19.0 Å². The van der Waals surface area contributed by atoms with Gasteiger partial charge in [-0.25, -0.2) is 4.79 Å². The van der Waals surface area contributed by atoms with Crippen LogP contribution in [0.4, 0.5) is 18.9 Å². The maximum absolute atomic E-state index is 12.8. The molecule has 0 aliphatic carbocycles. The van der Waals surface area contributed by atoms with Gasteiger partial charge in [-0.05, 0) is 43.3 Å². The lowest BCUT2D eigenvalue weighted by atomic mass is 10.1. The standard InChI is InChI=1S/C20H15ClF3NO5/c1-10-13-8-12(28-2)4-6-16(13)30-18(10)19(27)29-9-17(26)25-15-7-11(20(22,23)24)3-5-14(15)21/h3-8H,9H2,1-2H3,(H,25,26). The van der Waals surface area contributed by atoms with Crippen LogP contribution in [-0.4, -0.2) is 25.6 Å². The number of fused-ring (bicyclic) bond motifs is 1. The molecule has 1 heterocycles. The summed E-state index contributed by atoms with van der Waals surface area (Å²) < 4.78 is 54.0. The smallest absolute Gasteiger partial charge is 0.416 e. The Morgan fingerprint density at radius 2 is 1.90 bits per heavy atom. The van der Waals surface area contributed by atoms with Crippen molar-refractivity contribution in [2.45, 2.75) is 13.1 Å². The molecule has 0 unspecified atom stereocenters. The number of furan rings is 1. The summed E-state index contributed by atoms with van der Waals surface area (Å²) >= 11 is 5.82. The number of alkyl halides is 3. The van der Waals surface area contributed by atoms with Crippen LogP contribution >= 0.6 is 11.6 Å². The molecule has 0 spiro atoms. The highest BCUT2D eigenvalue weighted by molar-refractivity contribution is 6.33. The van der Waals surface area contributed by atoms with Gasteiger partial charge in [0, 0.05) is 10.9 Å². The van der Waals surface area contributed by atoms with E-state index in [4.69, 9.17) is 25.5 Å². The number of halogens is 4. The first-order valence-corrected chi connectivity index (χ1v) is 8.89. The van der Waals surface area contributed by atoms with Crippen molar-refractivity contribution < 1.29 is 36.7 Å².